The Balaban J connectivity index is 1.91. The molecule has 0 N–H and O–H groups in total. The number of benzene rings is 1. The molecule has 1 aliphatic rings. The molecule has 2 aromatic heterocycles. The molecular weight excluding hydrogens is 461 g/mol. The Bertz CT molecular complexity index is 1110. The van der Waals surface area contributed by atoms with Crippen molar-refractivity contribution in [2.24, 2.45) is 4.99 Å². The van der Waals surface area contributed by atoms with Crippen LogP contribution in [0.25, 0.3) is 5.82 Å². The van der Waals surface area contributed by atoms with E-state index >= 15 is 0 Å². The van der Waals surface area contributed by atoms with Crippen LogP contribution in [0.4, 0.5) is 18.9 Å². The number of ether oxygens (including phenoxy) is 1. The fourth-order valence-corrected chi connectivity index (χ4v) is 3.73. The highest BCUT2D eigenvalue weighted by Crippen LogP contribution is 2.36. The van der Waals surface area contributed by atoms with Crippen molar-refractivity contribution in [2.75, 3.05) is 0 Å². The van der Waals surface area contributed by atoms with Crippen LogP contribution < -0.4 is 0 Å². The standard InChI is InChI=1S/C18H11BrClF3N4O/c1-9-5-10-8-28-17(25-15(10)11(19)6-9)13-7-14(18(21,22)23)26-27(13)16-12(20)3-2-4-24-16/h2-7H,8H2,1H3. The van der Waals surface area contributed by atoms with Gasteiger partial charge in [0.1, 0.15) is 12.3 Å². The van der Waals surface area contributed by atoms with Crippen LogP contribution in [-0.4, -0.2) is 20.7 Å². The Morgan fingerprint density at radius 3 is 2.75 bits per heavy atom. The van der Waals surface area contributed by atoms with Gasteiger partial charge in [-0.2, -0.15) is 18.3 Å². The van der Waals surface area contributed by atoms with Crippen LogP contribution in [0.15, 0.2) is 46.0 Å². The number of aryl methyl sites for hydroxylation is 1. The van der Waals surface area contributed by atoms with Crippen molar-refractivity contribution in [1.82, 2.24) is 14.8 Å². The van der Waals surface area contributed by atoms with Crippen LogP contribution in [0.1, 0.15) is 22.5 Å². The van der Waals surface area contributed by atoms with Crippen molar-refractivity contribution >= 4 is 39.1 Å². The number of rotatable bonds is 2. The molecule has 3 aromatic rings. The fraction of sp³-hybridized carbons (Fsp3) is 0.167. The summed E-state index contributed by atoms with van der Waals surface area (Å²) in [6.45, 7) is 2.09. The largest absolute Gasteiger partial charge is 0.471 e. The molecule has 28 heavy (non-hydrogen) atoms. The Morgan fingerprint density at radius 1 is 1.25 bits per heavy atom. The predicted octanol–water partition coefficient (Wildman–Crippen LogP) is 5.62. The summed E-state index contributed by atoms with van der Waals surface area (Å²) in [4.78, 5) is 8.47. The molecule has 0 saturated heterocycles. The Labute approximate surface area is 171 Å². The van der Waals surface area contributed by atoms with Gasteiger partial charge in [-0.05, 0) is 46.6 Å². The number of nitrogens with zero attached hydrogens (tertiary/aromatic N) is 4. The van der Waals surface area contributed by atoms with Crippen LogP contribution in [0.2, 0.25) is 5.02 Å². The lowest BCUT2D eigenvalue weighted by atomic mass is 10.1. The van der Waals surface area contributed by atoms with Crippen molar-refractivity contribution in [3.05, 3.63) is 68.5 Å². The first-order valence-corrected chi connectivity index (χ1v) is 9.20. The first kappa shape index (κ1) is 18.9. The number of hydrogen-bond donors (Lipinski definition) is 0. The Hall–Kier alpha value is -2.39. The summed E-state index contributed by atoms with van der Waals surface area (Å²) in [5.41, 5.74) is 1.35. The van der Waals surface area contributed by atoms with Gasteiger partial charge in [-0.25, -0.2) is 14.7 Å². The van der Waals surface area contributed by atoms with Crippen molar-refractivity contribution in [3.8, 4) is 5.82 Å². The molecule has 0 atom stereocenters. The maximum atomic E-state index is 13.3. The molecule has 0 spiro atoms. The molecule has 0 radical (unpaired) electrons. The van der Waals surface area contributed by atoms with E-state index in [-0.39, 0.29) is 29.0 Å². The smallest absolute Gasteiger partial charge is 0.435 e. The molecule has 0 aliphatic carbocycles. The lowest BCUT2D eigenvalue weighted by Gasteiger charge is -2.19. The van der Waals surface area contributed by atoms with Crippen LogP contribution in [0.5, 0.6) is 0 Å². The molecular formula is C18H11BrClF3N4O. The predicted molar refractivity (Wildman–Crippen MR) is 101 cm³/mol. The number of aromatic nitrogens is 3. The second-order valence-corrected chi connectivity index (χ2v) is 7.35. The molecule has 0 unspecified atom stereocenters. The van der Waals surface area contributed by atoms with Crippen molar-refractivity contribution in [2.45, 2.75) is 19.7 Å². The highest BCUT2D eigenvalue weighted by molar-refractivity contribution is 9.10. The summed E-state index contributed by atoms with van der Waals surface area (Å²) in [7, 11) is 0. The van der Waals surface area contributed by atoms with E-state index in [0.29, 0.717) is 5.69 Å². The van der Waals surface area contributed by atoms with Gasteiger partial charge in [-0.15, -0.1) is 0 Å². The second-order valence-electron chi connectivity index (χ2n) is 6.09. The lowest BCUT2D eigenvalue weighted by Crippen LogP contribution is -2.17. The molecule has 0 fully saturated rings. The van der Waals surface area contributed by atoms with Gasteiger partial charge >= 0.3 is 6.18 Å². The monoisotopic (exact) mass is 470 g/mol. The van der Waals surface area contributed by atoms with E-state index < -0.39 is 11.9 Å². The summed E-state index contributed by atoms with van der Waals surface area (Å²) < 4.78 is 47.3. The third-order valence-corrected chi connectivity index (χ3v) is 4.92. The van der Waals surface area contributed by atoms with Crippen LogP contribution in [0.3, 0.4) is 0 Å². The van der Waals surface area contributed by atoms with Gasteiger partial charge < -0.3 is 4.74 Å². The molecule has 3 heterocycles. The van der Waals surface area contributed by atoms with E-state index in [0.717, 1.165) is 26.3 Å². The van der Waals surface area contributed by atoms with Crippen molar-refractivity contribution in [1.29, 1.82) is 0 Å². The summed E-state index contributed by atoms with van der Waals surface area (Å²) in [6.07, 6.45) is -3.23. The number of aliphatic imine (C=N–C) groups is 1. The van der Waals surface area contributed by atoms with Crippen LogP contribution >= 0.6 is 27.5 Å². The van der Waals surface area contributed by atoms with Crippen molar-refractivity contribution in [3.63, 3.8) is 0 Å². The topological polar surface area (TPSA) is 52.3 Å². The van der Waals surface area contributed by atoms with Gasteiger partial charge in [0.15, 0.2) is 11.5 Å². The van der Waals surface area contributed by atoms with Gasteiger partial charge in [-0.1, -0.05) is 17.7 Å². The summed E-state index contributed by atoms with van der Waals surface area (Å²) in [5.74, 6) is 0.0523. The number of alkyl halides is 3. The highest BCUT2D eigenvalue weighted by Gasteiger charge is 2.37. The second kappa shape index (κ2) is 6.89. The summed E-state index contributed by atoms with van der Waals surface area (Å²) >= 11 is 9.57. The molecule has 0 amide bonds. The number of halogens is 5. The summed E-state index contributed by atoms with van der Waals surface area (Å²) in [6, 6.07) is 7.75. The van der Waals surface area contributed by atoms with E-state index in [2.05, 4.69) is 31.0 Å². The zero-order valence-corrected chi connectivity index (χ0v) is 16.6. The average Bonchev–Trinajstić information content (AvgIpc) is 3.07. The highest BCUT2D eigenvalue weighted by atomic mass is 79.9. The van der Waals surface area contributed by atoms with Gasteiger partial charge in [0.2, 0.25) is 5.90 Å². The number of hydrogen-bond acceptors (Lipinski definition) is 4. The van der Waals surface area contributed by atoms with E-state index in [1.165, 1.54) is 12.3 Å². The maximum Gasteiger partial charge on any atom is 0.435 e. The molecule has 1 aromatic carbocycles. The fourth-order valence-electron chi connectivity index (χ4n) is 2.82. The lowest BCUT2D eigenvalue weighted by molar-refractivity contribution is -0.141. The minimum absolute atomic E-state index is 0.00164. The molecule has 0 saturated carbocycles. The quantitative estimate of drug-likeness (QED) is 0.487. The summed E-state index contributed by atoms with van der Waals surface area (Å²) in [5, 5.41) is 3.80. The first-order chi connectivity index (χ1) is 13.2. The maximum absolute atomic E-state index is 13.3. The zero-order valence-electron chi connectivity index (χ0n) is 14.3. The third-order valence-electron chi connectivity index (χ3n) is 4.02. The zero-order chi connectivity index (χ0) is 20.1. The third kappa shape index (κ3) is 3.40. The van der Waals surface area contributed by atoms with Gasteiger partial charge in [0, 0.05) is 22.3 Å². The van der Waals surface area contributed by atoms with E-state index in [1.54, 1.807) is 6.07 Å². The van der Waals surface area contributed by atoms with E-state index in [4.69, 9.17) is 16.3 Å². The molecule has 0 bridgehead atoms. The first-order valence-electron chi connectivity index (χ1n) is 8.03. The Kier molecular flexibility index (Phi) is 4.67. The van der Waals surface area contributed by atoms with Gasteiger partial charge in [-0.3, -0.25) is 0 Å². The number of fused-ring (bicyclic) bond motifs is 1. The minimum atomic E-state index is -4.65. The average molecular weight is 472 g/mol. The van der Waals surface area contributed by atoms with E-state index in [1.807, 2.05) is 19.1 Å². The van der Waals surface area contributed by atoms with Crippen LogP contribution in [-0.2, 0) is 17.5 Å². The molecule has 10 heteroatoms. The van der Waals surface area contributed by atoms with E-state index in [9.17, 15) is 13.2 Å². The number of pyridine rings is 1. The van der Waals surface area contributed by atoms with Gasteiger partial charge in [0.05, 0.1) is 10.7 Å². The molecule has 4 rings (SSSR count). The van der Waals surface area contributed by atoms with Gasteiger partial charge in [0.25, 0.3) is 0 Å². The minimum Gasteiger partial charge on any atom is -0.471 e. The SMILES string of the molecule is Cc1cc(Br)c2c(c1)COC(c1cc(C(F)(F)F)nn1-c1ncccc1Cl)=N2. The Morgan fingerprint density at radius 2 is 2.04 bits per heavy atom. The molecule has 1 aliphatic heterocycles. The molecule has 5 nitrogen and oxygen atoms in total. The normalized spacial score (nSPS) is 13.7. The van der Waals surface area contributed by atoms with Crippen LogP contribution in [0, 0.1) is 6.92 Å². The van der Waals surface area contributed by atoms with Crippen molar-refractivity contribution < 1.29 is 17.9 Å². The molecule has 144 valence electrons.